The van der Waals surface area contributed by atoms with E-state index in [1.54, 1.807) is 0 Å². The van der Waals surface area contributed by atoms with E-state index in [-0.39, 0.29) is 0 Å². The predicted molar refractivity (Wildman–Crippen MR) is 248 cm³/mol. The number of hydrogen-bond donors (Lipinski definition) is 0. The van der Waals surface area contributed by atoms with Crippen molar-refractivity contribution in [1.29, 1.82) is 0 Å². The average molecular weight is 750 g/mol. The molecule has 0 saturated carbocycles. The standard InChI is InChI=1S/C56H35N3/c1-2-15-38(16-3-1)55-49-30-29-47-46-21-9-11-24-53(46)59(56(47)54(49)48-22-8-10-23-50(48)58-55)45-20-12-19-42(33-45)51-34-44(41-27-25-36-13-4-6-17-39(36)31-41)35-52(57-51)43-28-26-37-14-5-7-18-40(37)32-43/h1-35H. The van der Waals surface area contributed by atoms with Gasteiger partial charge in [0.2, 0.25) is 0 Å². The molecule has 0 aliphatic rings. The van der Waals surface area contributed by atoms with E-state index in [0.717, 1.165) is 72.4 Å². The fourth-order valence-corrected chi connectivity index (χ4v) is 9.09. The van der Waals surface area contributed by atoms with Gasteiger partial charge in [-0.1, -0.05) is 164 Å². The number of para-hydroxylation sites is 2. The molecule has 0 atom stereocenters. The minimum absolute atomic E-state index is 0.923. The molecule has 0 aliphatic heterocycles. The summed E-state index contributed by atoms with van der Waals surface area (Å²) in [6.45, 7) is 0. The van der Waals surface area contributed by atoms with E-state index in [1.165, 1.54) is 43.2 Å². The third kappa shape index (κ3) is 5.51. The second-order valence-corrected chi connectivity index (χ2v) is 15.4. The van der Waals surface area contributed by atoms with Gasteiger partial charge >= 0.3 is 0 Å². The van der Waals surface area contributed by atoms with Crippen molar-refractivity contribution in [2.45, 2.75) is 0 Å². The van der Waals surface area contributed by atoms with Gasteiger partial charge in [0, 0.05) is 49.3 Å². The minimum atomic E-state index is 0.923. The Kier molecular flexibility index (Phi) is 7.54. The molecule has 0 spiro atoms. The average Bonchev–Trinajstić information content (AvgIpc) is 3.65. The Hall–Kier alpha value is -7.88. The molecule has 0 bridgehead atoms. The molecule has 9 aromatic carbocycles. The van der Waals surface area contributed by atoms with Crippen LogP contribution in [-0.4, -0.2) is 14.5 Å². The van der Waals surface area contributed by atoms with Crippen LogP contribution < -0.4 is 0 Å². The molecular formula is C56H35N3. The highest BCUT2D eigenvalue weighted by molar-refractivity contribution is 6.27. The van der Waals surface area contributed by atoms with Crippen LogP contribution in [0.3, 0.4) is 0 Å². The lowest BCUT2D eigenvalue weighted by Gasteiger charge is -2.15. The first-order valence-electron chi connectivity index (χ1n) is 20.1. The second-order valence-electron chi connectivity index (χ2n) is 15.4. The van der Waals surface area contributed by atoms with Crippen molar-refractivity contribution in [3.05, 3.63) is 212 Å². The minimum Gasteiger partial charge on any atom is -0.309 e. The zero-order chi connectivity index (χ0) is 38.9. The molecule has 59 heavy (non-hydrogen) atoms. The Bertz CT molecular complexity index is 3520. The highest BCUT2D eigenvalue weighted by atomic mass is 15.0. The van der Waals surface area contributed by atoms with Crippen LogP contribution in [0.5, 0.6) is 0 Å². The number of pyridine rings is 2. The Balaban J connectivity index is 1.11. The molecule has 3 heteroatoms. The molecule has 3 aromatic heterocycles. The fourth-order valence-electron chi connectivity index (χ4n) is 9.09. The molecule has 0 radical (unpaired) electrons. The van der Waals surface area contributed by atoms with Crippen molar-refractivity contribution >= 4 is 65.0 Å². The van der Waals surface area contributed by atoms with Gasteiger partial charge in [-0.05, 0) is 81.2 Å². The van der Waals surface area contributed by atoms with Crippen LogP contribution in [0.4, 0.5) is 0 Å². The quantitative estimate of drug-likeness (QED) is 0.164. The van der Waals surface area contributed by atoms with Gasteiger partial charge in [0.05, 0.1) is 33.6 Å². The Morgan fingerprint density at radius 3 is 1.69 bits per heavy atom. The maximum Gasteiger partial charge on any atom is 0.0788 e. The molecule has 3 nitrogen and oxygen atoms in total. The molecule has 0 saturated heterocycles. The van der Waals surface area contributed by atoms with Crippen LogP contribution in [0.25, 0.3) is 116 Å². The summed E-state index contributed by atoms with van der Waals surface area (Å²) in [4.78, 5) is 10.7. The van der Waals surface area contributed by atoms with E-state index in [2.05, 4.69) is 217 Å². The van der Waals surface area contributed by atoms with Gasteiger partial charge in [-0.2, -0.15) is 0 Å². The highest BCUT2D eigenvalue weighted by Crippen LogP contribution is 2.42. The number of rotatable bonds is 5. The number of nitrogens with zero attached hydrogens (tertiary/aromatic N) is 3. The van der Waals surface area contributed by atoms with Crippen LogP contribution in [-0.2, 0) is 0 Å². The van der Waals surface area contributed by atoms with Crippen LogP contribution in [0, 0.1) is 0 Å². The fraction of sp³-hybridized carbons (Fsp3) is 0. The van der Waals surface area contributed by atoms with Gasteiger partial charge in [-0.3, -0.25) is 0 Å². The van der Waals surface area contributed by atoms with E-state index >= 15 is 0 Å². The normalized spacial score (nSPS) is 11.7. The molecule has 274 valence electrons. The zero-order valence-electron chi connectivity index (χ0n) is 32.0. The molecule has 0 N–H and O–H groups in total. The summed E-state index contributed by atoms with van der Waals surface area (Å²) < 4.78 is 2.45. The first kappa shape index (κ1) is 33.3. The van der Waals surface area contributed by atoms with Gasteiger partial charge in [0.25, 0.3) is 0 Å². The van der Waals surface area contributed by atoms with Crippen LogP contribution in [0.2, 0.25) is 0 Å². The number of hydrogen-bond acceptors (Lipinski definition) is 2. The maximum absolute atomic E-state index is 5.43. The van der Waals surface area contributed by atoms with Crippen molar-refractivity contribution in [3.63, 3.8) is 0 Å². The van der Waals surface area contributed by atoms with Crippen molar-refractivity contribution in [2.24, 2.45) is 0 Å². The third-order valence-corrected chi connectivity index (χ3v) is 11.9. The summed E-state index contributed by atoms with van der Waals surface area (Å²) in [5.41, 5.74) is 12.8. The van der Waals surface area contributed by atoms with Crippen LogP contribution in [0.1, 0.15) is 0 Å². The highest BCUT2D eigenvalue weighted by Gasteiger charge is 2.20. The molecule has 0 unspecified atom stereocenters. The van der Waals surface area contributed by atoms with E-state index in [1.807, 2.05) is 0 Å². The van der Waals surface area contributed by atoms with Crippen molar-refractivity contribution in [3.8, 4) is 50.6 Å². The molecule has 12 rings (SSSR count). The zero-order valence-corrected chi connectivity index (χ0v) is 32.0. The van der Waals surface area contributed by atoms with Crippen LogP contribution in [0.15, 0.2) is 212 Å². The summed E-state index contributed by atoms with van der Waals surface area (Å²) in [6.07, 6.45) is 0. The first-order chi connectivity index (χ1) is 29.2. The maximum atomic E-state index is 5.43. The van der Waals surface area contributed by atoms with E-state index in [9.17, 15) is 0 Å². The molecule has 0 aliphatic carbocycles. The Morgan fingerprint density at radius 1 is 0.322 bits per heavy atom. The van der Waals surface area contributed by atoms with E-state index < -0.39 is 0 Å². The van der Waals surface area contributed by atoms with Crippen LogP contribution >= 0.6 is 0 Å². The predicted octanol–water partition coefficient (Wildman–Crippen LogP) is 14.9. The molecule has 0 fully saturated rings. The van der Waals surface area contributed by atoms with Gasteiger partial charge < -0.3 is 4.57 Å². The lowest BCUT2D eigenvalue weighted by Crippen LogP contribution is -1.98. The SMILES string of the molecule is c1ccc(-c2nc3ccccc3c3c2ccc2c4ccccc4n(-c4cccc(-c5cc(-c6ccc7ccccc7c6)cc(-c6ccc7ccccc7c6)n5)c4)c23)cc1. The smallest absolute Gasteiger partial charge is 0.0788 e. The topological polar surface area (TPSA) is 30.7 Å². The lowest BCUT2D eigenvalue weighted by atomic mass is 9.97. The largest absolute Gasteiger partial charge is 0.309 e. The third-order valence-electron chi connectivity index (χ3n) is 11.9. The van der Waals surface area contributed by atoms with Gasteiger partial charge in [-0.25, -0.2) is 9.97 Å². The number of fused-ring (bicyclic) bond motifs is 9. The van der Waals surface area contributed by atoms with Crippen molar-refractivity contribution in [2.75, 3.05) is 0 Å². The summed E-state index contributed by atoms with van der Waals surface area (Å²) >= 11 is 0. The second kappa shape index (κ2) is 13.4. The molecular weight excluding hydrogens is 715 g/mol. The number of aromatic nitrogens is 3. The van der Waals surface area contributed by atoms with Gasteiger partial charge in [0.15, 0.2) is 0 Å². The van der Waals surface area contributed by atoms with E-state index in [0.29, 0.717) is 0 Å². The first-order valence-corrected chi connectivity index (χ1v) is 20.1. The van der Waals surface area contributed by atoms with E-state index in [4.69, 9.17) is 9.97 Å². The summed E-state index contributed by atoms with van der Waals surface area (Å²) in [5.74, 6) is 0. The summed E-state index contributed by atoms with van der Waals surface area (Å²) in [5, 5.41) is 10.8. The van der Waals surface area contributed by atoms with Crippen molar-refractivity contribution < 1.29 is 0 Å². The van der Waals surface area contributed by atoms with Crippen molar-refractivity contribution in [1.82, 2.24) is 14.5 Å². The Labute approximate surface area is 341 Å². The Morgan fingerprint density at radius 2 is 0.915 bits per heavy atom. The molecule has 3 heterocycles. The summed E-state index contributed by atoms with van der Waals surface area (Å²) in [7, 11) is 0. The summed E-state index contributed by atoms with van der Waals surface area (Å²) in [6, 6.07) is 76.3. The molecule has 0 amide bonds. The lowest BCUT2D eigenvalue weighted by molar-refractivity contribution is 1.18. The van der Waals surface area contributed by atoms with Gasteiger partial charge in [0.1, 0.15) is 0 Å². The van der Waals surface area contributed by atoms with Gasteiger partial charge in [-0.15, -0.1) is 0 Å². The molecule has 12 aromatic rings. The number of benzene rings is 9. The monoisotopic (exact) mass is 749 g/mol.